The minimum atomic E-state index is -0.639. The van der Waals surface area contributed by atoms with Gasteiger partial charge in [-0.05, 0) is 49.1 Å². The van der Waals surface area contributed by atoms with Crippen molar-refractivity contribution in [2.45, 2.75) is 36.6 Å². The second kappa shape index (κ2) is 8.93. The van der Waals surface area contributed by atoms with Crippen molar-refractivity contribution in [3.63, 3.8) is 0 Å². The van der Waals surface area contributed by atoms with Crippen LogP contribution in [-0.4, -0.2) is 10.8 Å². The van der Waals surface area contributed by atoms with Gasteiger partial charge in [-0.15, -0.1) is 0 Å². The average molecular weight is 521 g/mol. The summed E-state index contributed by atoms with van der Waals surface area (Å²) in [5, 5.41) is 7.61. The lowest BCUT2D eigenvalue weighted by Gasteiger charge is -2.37. The van der Waals surface area contributed by atoms with E-state index in [0.717, 1.165) is 11.3 Å². The van der Waals surface area contributed by atoms with Gasteiger partial charge in [0.1, 0.15) is 0 Å². The van der Waals surface area contributed by atoms with Gasteiger partial charge in [-0.3, -0.25) is 4.79 Å². The van der Waals surface area contributed by atoms with E-state index in [1.54, 1.807) is 18.7 Å². The maximum absolute atomic E-state index is 12.7. The number of rotatable bonds is 4. The number of carbonyl (C=O) groups is 1. The van der Waals surface area contributed by atoms with E-state index in [4.69, 9.17) is 5.10 Å². The smallest absolute Gasteiger partial charge is 0.187 e. The topological polar surface area (TPSA) is 32.7 Å². The van der Waals surface area contributed by atoms with Gasteiger partial charge in [-0.2, -0.15) is 5.10 Å². The second-order valence-corrected chi connectivity index (χ2v) is 12.7. The fourth-order valence-corrected chi connectivity index (χ4v) is 8.84. The summed E-state index contributed by atoms with van der Waals surface area (Å²) in [4.78, 5) is 12.7. The number of nitrogens with zero attached hydrogens (tertiary/aromatic N) is 2. The van der Waals surface area contributed by atoms with E-state index in [1.807, 2.05) is 23.9 Å². The fourth-order valence-electron chi connectivity index (χ4n) is 5.30. The molecule has 4 aromatic carbocycles. The highest BCUT2D eigenvalue weighted by Gasteiger charge is 2.61. The van der Waals surface area contributed by atoms with Crippen molar-refractivity contribution in [1.82, 2.24) is 0 Å². The summed E-state index contributed by atoms with van der Waals surface area (Å²) in [5.74, 6) is -0.0123. The van der Waals surface area contributed by atoms with Crippen molar-refractivity contribution in [3.05, 3.63) is 136 Å². The highest BCUT2D eigenvalue weighted by Crippen LogP contribution is 2.71. The number of benzene rings is 4. The molecule has 0 saturated heterocycles. The maximum Gasteiger partial charge on any atom is 0.187 e. The quantitative estimate of drug-likeness (QED) is 0.274. The molecule has 2 heterocycles. The molecule has 0 N–H and O–H groups in total. The Bertz CT molecular complexity index is 1500. The number of ketones is 1. The van der Waals surface area contributed by atoms with Crippen LogP contribution in [-0.2, 0) is 13.7 Å². The first-order chi connectivity index (χ1) is 17.8. The molecule has 0 aromatic heterocycles. The van der Waals surface area contributed by atoms with Gasteiger partial charge in [-0.25, -0.2) is 5.01 Å². The molecule has 1 spiro atoms. The van der Waals surface area contributed by atoms with Gasteiger partial charge in [-0.1, -0.05) is 126 Å². The first kappa shape index (κ1) is 24.1. The van der Waals surface area contributed by atoms with Crippen molar-refractivity contribution in [2.24, 2.45) is 5.10 Å². The van der Waals surface area contributed by atoms with Crippen LogP contribution in [0.4, 0.5) is 5.69 Å². The first-order valence-corrected chi connectivity index (χ1v) is 14.1. The number of aryl methyl sites for hydroxylation is 3. The Morgan fingerprint density at radius 2 is 1.27 bits per heavy atom. The third-order valence-corrected chi connectivity index (χ3v) is 10.6. The van der Waals surface area contributed by atoms with Crippen molar-refractivity contribution in [2.75, 3.05) is 5.01 Å². The van der Waals surface area contributed by atoms with Crippen LogP contribution in [0.2, 0.25) is 0 Å². The zero-order valence-corrected chi connectivity index (χ0v) is 23.0. The minimum Gasteiger partial charge on any atom is -0.292 e. The Balaban J connectivity index is 1.66. The summed E-state index contributed by atoms with van der Waals surface area (Å²) in [6.45, 7) is 7.96. The molecule has 0 radical (unpaired) electrons. The predicted octanol–water partition coefficient (Wildman–Crippen LogP) is 7.92. The maximum atomic E-state index is 12.7. The minimum absolute atomic E-state index is 0.0123. The number of hydrogen-bond donors (Lipinski definition) is 0. The Morgan fingerprint density at radius 3 is 1.84 bits per heavy atom. The first-order valence-electron chi connectivity index (χ1n) is 12.4. The van der Waals surface area contributed by atoms with Gasteiger partial charge in [0, 0.05) is 12.5 Å². The lowest BCUT2D eigenvalue weighted by molar-refractivity contribution is -0.110. The molecule has 0 unspecified atom stereocenters. The van der Waals surface area contributed by atoms with E-state index in [0.29, 0.717) is 5.04 Å². The largest absolute Gasteiger partial charge is 0.292 e. The summed E-state index contributed by atoms with van der Waals surface area (Å²) in [6.07, 6.45) is 0. The van der Waals surface area contributed by atoms with Crippen molar-refractivity contribution < 1.29 is 4.79 Å². The Hall–Kier alpha value is -3.28. The van der Waals surface area contributed by atoms with Crippen LogP contribution in [0.3, 0.4) is 0 Å². The average Bonchev–Trinajstić information content (AvgIpc) is 3.43. The van der Waals surface area contributed by atoms with Crippen molar-refractivity contribution in [1.29, 1.82) is 0 Å². The van der Waals surface area contributed by atoms with Crippen LogP contribution in [0.5, 0.6) is 0 Å². The van der Waals surface area contributed by atoms with E-state index in [1.165, 1.54) is 33.4 Å². The van der Waals surface area contributed by atoms with Crippen molar-refractivity contribution in [3.8, 4) is 0 Å². The Labute approximate surface area is 227 Å². The lowest BCUT2D eigenvalue weighted by atomic mass is 9.81. The van der Waals surface area contributed by atoms with Crippen LogP contribution in [0.25, 0.3) is 0 Å². The molecule has 2 aliphatic heterocycles. The van der Waals surface area contributed by atoms with Gasteiger partial charge in [0.05, 0.1) is 10.4 Å². The number of fused-ring (bicyclic) bond motifs is 2. The standard InChI is InChI=1S/C32H28N2OS2/c1-21-13-17-25(18-14-21)31(26-19-15-22(2)16-20-26)27-10-6-7-11-28(27)32(37-31)34(33-30(36-32)24(4)35)29-12-8-5-9-23(29)3/h5-20H,1-4H3/t32-/m1/s1. The molecule has 0 saturated carbocycles. The zero-order chi connectivity index (χ0) is 25.8. The third-order valence-electron chi connectivity index (χ3n) is 7.20. The third kappa shape index (κ3) is 3.67. The number of hydrogen-bond acceptors (Lipinski definition) is 5. The van der Waals surface area contributed by atoms with Gasteiger partial charge < -0.3 is 0 Å². The number of para-hydroxylation sites is 1. The summed E-state index contributed by atoms with van der Waals surface area (Å²) in [7, 11) is 0. The van der Waals surface area contributed by atoms with E-state index in [-0.39, 0.29) is 5.78 Å². The van der Waals surface area contributed by atoms with E-state index in [2.05, 4.69) is 111 Å². The number of thioether (sulfide) groups is 2. The van der Waals surface area contributed by atoms with Crippen LogP contribution in [0.1, 0.15) is 45.9 Å². The van der Waals surface area contributed by atoms with Gasteiger partial charge in [0.25, 0.3) is 0 Å². The van der Waals surface area contributed by atoms with Crippen LogP contribution >= 0.6 is 23.5 Å². The summed E-state index contributed by atoms with van der Waals surface area (Å²) in [5.41, 5.74) is 9.44. The zero-order valence-electron chi connectivity index (χ0n) is 21.4. The molecular weight excluding hydrogens is 492 g/mol. The molecule has 37 heavy (non-hydrogen) atoms. The molecule has 1 atom stereocenters. The molecule has 4 aromatic rings. The molecule has 184 valence electrons. The molecule has 5 heteroatoms. The molecule has 0 fully saturated rings. The summed E-state index contributed by atoms with van der Waals surface area (Å²) in [6, 6.07) is 34.8. The van der Waals surface area contributed by atoms with E-state index in [9.17, 15) is 4.79 Å². The van der Waals surface area contributed by atoms with Crippen LogP contribution in [0.15, 0.2) is 102 Å². The summed E-state index contributed by atoms with van der Waals surface area (Å²) >= 11 is 3.44. The predicted molar refractivity (Wildman–Crippen MR) is 157 cm³/mol. The summed E-state index contributed by atoms with van der Waals surface area (Å²) < 4.78 is -1.12. The normalized spacial score (nSPS) is 19.7. The number of anilines is 1. The molecule has 0 aliphatic carbocycles. The van der Waals surface area contributed by atoms with Crippen molar-refractivity contribution >= 4 is 40.0 Å². The molecular formula is C32H28N2OS2. The van der Waals surface area contributed by atoms with Crippen LogP contribution < -0.4 is 5.01 Å². The Kier molecular flexibility index (Phi) is 5.81. The fraction of sp³-hybridized carbons (Fsp3) is 0.188. The van der Waals surface area contributed by atoms with Gasteiger partial charge in [0.2, 0.25) is 0 Å². The highest BCUT2D eigenvalue weighted by molar-refractivity contribution is 8.27. The van der Waals surface area contributed by atoms with Crippen LogP contribution in [0, 0.1) is 20.8 Å². The van der Waals surface area contributed by atoms with E-state index >= 15 is 0 Å². The van der Waals surface area contributed by atoms with Gasteiger partial charge >= 0.3 is 0 Å². The number of carbonyl (C=O) groups excluding carboxylic acids is 1. The monoisotopic (exact) mass is 520 g/mol. The van der Waals surface area contributed by atoms with E-state index < -0.39 is 8.95 Å². The molecule has 2 aliphatic rings. The Morgan fingerprint density at radius 1 is 0.730 bits per heavy atom. The molecule has 0 amide bonds. The lowest BCUT2D eigenvalue weighted by Crippen LogP contribution is -2.34. The van der Waals surface area contributed by atoms with Gasteiger partial charge in [0.15, 0.2) is 15.0 Å². The molecule has 0 bridgehead atoms. The second-order valence-electron chi connectivity index (χ2n) is 9.80. The SMILES string of the molecule is CC(=O)C1=NN(c2ccccc2C)[C@]2(S1)SC(c1ccc(C)cc1)(c1ccc(C)cc1)c1ccccc12. The molecule has 6 rings (SSSR count). The highest BCUT2D eigenvalue weighted by atomic mass is 32.2. The molecule has 3 nitrogen and oxygen atoms in total. The number of Topliss-reactive ketones (excluding diaryl/α,β-unsaturated/α-hetero) is 1. The number of hydrazone groups is 1.